The number of benzene rings is 2. The molecule has 0 aromatic heterocycles. The van der Waals surface area contributed by atoms with Crippen LogP contribution in [0.2, 0.25) is 0 Å². The summed E-state index contributed by atoms with van der Waals surface area (Å²) in [5.74, 6) is -0.178. The Morgan fingerprint density at radius 1 is 1.04 bits per heavy atom. The van der Waals surface area contributed by atoms with Gasteiger partial charge in [0.25, 0.3) is 10.0 Å². The van der Waals surface area contributed by atoms with Crippen molar-refractivity contribution in [1.82, 2.24) is 10.3 Å². The molecule has 122 valence electrons. The molecular formula is C15H16N2O4S2. The summed E-state index contributed by atoms with van der Waals surface area (Å²) in [5, 5.41) is 0. The van der Waals surface area contributed by atoms with Crippen molar-refractivity contribution in [2.24, 2.45) is 0 Å². The molecule has 0 spiro atoms. The molecule has 0 unspecified atom stereocenters. The molecule has 3 rings (SSSR count). The van der Waals surface area contributed by atoms with Crippen LogP contribution in [0, 0.1) is 6.92 Å². The van der Waals surface area contributed by atoms with Crippen molar-refractivity contribution >= 4 is 19.9 Å². The van der Waals surface area contributed by atoms with Gasteiger partial charge in [0.05, 0.1) is 21.6 Å². The summed E-state index contributed by atoms with van der Waals surface area (Å²) in [4.78, 5) is 2.63. The predicted octanol–water partition coefficient (Wildman–Crippen LogP) is 1.31. The molecule has 23 heavy (non-hydrogen) atoms. The van der Waals surface area contributed by atoms with Crippen molar-refractivity contribution in [3.05, 3.63) is 59.7 Å². The number of hydrazine groups is 1. The number of sulfone groups is 1. The molecule has 1 aliphatic heterocycles. The summed E-state index contributed by atoms with van der Waals surface area (Å²) in [6, 6.07) is 12.4. The lowest BCUT2D eigenvalue weighted by molar-refractivity contribution is 0.515. The maximum absolute atomic E-state index is 12.3. The quantitative estimate of drug-likeness (QED) is 0.810. The molecule has 0 fully saturated rings. The lowest BCUT2D eigenvalue weighted by Crippen LogP contribution is -2.40. The number of sulfonamides is 1. The zero-order valence-corrected chi connectivity index (χ0v) is 14.0. The van der Waals surface area contributed by atoms with E-state index >= 15 is 0 Å². The molecule has 0 aliphatic carbocycles. The Hall–Kier alpha value is -1.74. The van der Waals surface area contributed by atoms with Crippen LogP contribution in [-0.2, 0) is 19.9 Å². The molecule has 0 saturated carbocycles. The molecule has 1 atom stereocenters. The van der Waals surface area contributed by atoms with E-state index < -0.39 is 25.9 Å². The third-order valence-electron chi connectivity index (χ3n) is 3.71. The van der Waals surface area contributed by atoms with Crippen LogP contribution in [0.25, 0.3) is 0 Å². The standard InChI is InChI=1S/C15H16N2O4S2/c1-11-6-8-12(9-7-11)23(20,21)17-16-14-10-22(18,19)15-5-3-2-4-13(14)15/h2-9,14,16-17H,10H2,1H3/t14-/m0/s1. The summed E-state index contributed by atoms with van der Waals surface area (Å²) in [7, 11) is -7.15. The number of hydrogen-bond acceptors (Lipinski definition) is 5. The average molecular weight is 352 g/mol. The van der Waals surface area contributed by atoms with E-state index in [4.69, 9.17) is 0 Å². The van der Waals surface area contributed by atoms with Crippen LogP contribution < -0.4 is 10.3 Å². The number of nitrogens with one attached hydrogen (secondary N) is 2. The lowest BCUT2D eigenvalue weighted by Gasteiger charge is -2.14. The van der Waals surface area contributed by atoms with E-state index in [0.717, 1.165) is 5.56 Å². The van der Waals surface area contributed by atoms with Gasteiger partial charge < -0.3 is 0 Å². The molecule has 2 N–H and O–H groups in total. The Morgan fingerprint density at radius 2 is 1.70 bits per heavy atom. The van der Waals surface area contributed by atoms with E-state index in [1.165, 1.54) is 18.2 Å². The minimum atomic E-state index is -3.76. The number of aryl methyl sites for hydroxylation is 1. The molecule has 0 bridgehead atoms. The van der Waals surface area contributed by atoms with Gasteiger partial charge in [0.15, 0.2) is 9.84 Å². The van der Waals surface area contributed by atoms with Gasteiger partial charge >= 0.3 is 0 Å². The molecule has 0 saturated heterocycles. The minimum absolute atomic E-state index is 0.115. The monoisotopic (exact) mass is 352 g/mol. The van der Waals surface area contributed by atoms with Crippen LogP contribution in [0.1, 0.15) is 17.2 Å². The minimum Gasteiger partial charge on any atom is -0.235 e. The zero-order chi connectivity index (χ0) is 16.7. The number of hydrogen-bond donors (Lipinski definition) is 2. The van der Waals surface area contributed by atoms with Crippen LogP contribution in [-0.4, -0.2) is 22.6 Å². The largest absolute Gasteiger partial charge is 0.253 e. The Morgan fingerprint density at radius 3 is 2.39 bits per heavy atom. The van der Waals surface area contributed by atoms with E-state index in [-0.39, 0.29) is 15.5 Å². The van der Waals surface area contributed by atoms with Gasteiger partial charge in [0.1, 0.15) is 0 Å². The maximum Gasteiger partial charge on any atom is 0.253 e. The molecule has 0 amide bonds. The zero-order valence-electron chi connectivity index (χ0n) is 12.4. The first-order valence-electron chi connectivity index (χ1n) is 6.95. The topological polar surface area (TPSA) is 92.3 Å². The molecular weight excluding hydrogens is 336 g/mol. The summed E-state index contributed by atoms with van der Waals surface area (Å²) < 4.78 is 48.7. The Balaban J connectivity index is 1.81. The Labute approximate surface area is 135 Å². The first-order valence-corrected chi connectivity index (χ1v) is 10.1. The van der Waals surface area contributed by atoms with Gasteiger partial charge in [-0.2, -0.15) is 0 Å². The summed E-state index contributed by atoms with van der Waals surface area (Å²) >= 11 is 0. The summed E-state index contributed by atoms with van der Waals surface area (Å²) in [6.07, 6.45) is 0. The van der Waals surface area contributed by atoms with Gasteiger partial charge in [-0.3, -0.25) is 0 Å². The van der Waals surface area contributed by atoms with Crippen LogP contribution in [0.5, 0.6) is 0 Å². The van der Waals surface area contributed by atoms with Crippen molar-refractivity contribution < 1.29 is 16.8 Å². The Kier molecular flexibility index (Phi) is 4.01. The van der Waals surface area contributed by atoms with Crippen LogP contribution in [0.3, 0.4) is 0 Å². The molecule has 2 aromatic rings. The van der Waals surface area contributed by atoms with E-state index in [0.29, 0.717) is 5.56 Å². The van der Waals surface area contributed by atoms with Gasteiger partial charge in [-0.05, 0) is 30.7 Å². The summed E-state index contributed by atoms with van der Waals surface area (Å²) in [6.45, 7) is 1.86. The molecule has 2 aromatic carbocycles. The van der Waals surface area contributed by atoms with Crippen molar-refractivity contribution in [3.63, 3.8) is 0 Å². The highest BCUT2D eigenvalue weighted by Crippen LogP contribution is 2.32. The highest BCUT2D eigenvalue weighted by atomic mass is 32.2. The third kappa shape index (κ3) is 3.16. The van der Waals surface area contributed by atoms with Gasteiger partial charge in [0.2, 0.25) is 0 Å². The summed E-state index contributed by atoms with van der Waals surface area (Å²) in [5.41, 5.74) is 4.15. The predicted molar refractivity (Wildman–Crippen MR) is 85.9 cm³/mol. The second-order valence-electron chi connectivity index (χ2n) is 5.43. The van der Waals surface area contributed by atoms with Crippen molar-refractivity contribution in [1.29, 1.82) is 0 Å². The van der Waals surface area contributed by atoms with Gasteiger partial charge in [-0.25, -0.2) is 22.3 Å². The van der Waals surface area contributed by atoms with E-state index in [9.17, 15) is 16.8 Å². The molecule has 1 heterocycles. The first kappa shape index (κ1) is 16.1. The highest BCUT2D eigenvalue weighted by molar-refractivity contribution is 7.91. The highest BCUT2D eigenvalue weighted by Gasteiger charge is 2.34. The average Bonchev–Trinajstić information content (AvgIpc) is 2.78. The van der Waals surface area contributed by atoms with Gasteiger partial charge in [0, 0.05) is 0 Å². The fourth-order valence-corrected chi connectivity index (χ4v) is 5.14. The van der Waals surface area contributed by atoms with E-state index in [1.807, 2.05) is 6.92 Å². The maximum atomic E-state index is 12.3. The first-order chi connectivity index (χ1) is 10.8. The Bertz CT molecular complexity index is 936. The van der Waals surface area contributed by atoms with Crippen molar-refractivity contribution in [2.75, 3.05) is 5.75 Å². The lowest BCUT2D eigenvalue weighted by atomic mass is 10.1. The van der Waals surface area contributed by atoms with Gasteiger partial charge in [-0.1, -0.05) is 35.9 Å². The van der Waals surface area contributed by atoms with Crippen molar-refractivity contribution in [2.45, 2.75) is 22.8 Å². The van der Waals surface area contributed by atoms with Crippen LogP contribution >= 0.6 is 0 Å². The molecule has 0 radical (unpaired) electrons. The van der Waals surface area contributed by atoms with Crippen molar-refractivity contribution in [3.8, 4) is 0 Å². The third-order valence-corrected chi connectivity index (χ3v) is 6.81. The second kappa shape index (κ2) is 5.72. The van der Waals surface area contributed by atoms with Gasteiger partial charge in [-0.15, -0.1) is 4.83 Å². The second-order valence-corrected chi connectivity index (χ2v) is 9.12. The number of fused-ring (bicyclic) bond motifs is 1. The smallest absolute Gasteiger partial charge is 0.235 e. The fourth-order valence-electron chi connectivity index (χ4n) is 2.50. The number of rotatable bonds is 4. The molecule has 8 heteroatoms. The van der Waals surface area contributed by atoms with Crippen LogP contribution in [0.15, 0.2) is 58.3 Å². The molecule has 1 aliphatic rings. The molecule has 6 nitrogen and oxygen atoms in total. The van der Waals surface area contributed by atoms with Crippen LogP contribution in [0.4, 0.5) is 0 Å². The fraction of sp³-hybridized carbons (Fsp3) is 0.200. The normalized spacial score (nSPS) is 19.4. The SMILES string of the molecule is Cc1ccc(S(=O)(=O)NN[C@H]2CS(=O)(=O)c3ccccc32)cc1. The van der Waals surface area contributed by atoms with E-state index in [2.05, 4.69) is 10.3 Å². The van der Waals surface area contributed by atoms with E-state index in [1.54, 1.807) is 30.3 Å².